The number of nitrogens with one attached hydrogen (secondary N) is 1. The zero-order chi connectivity index (χ0) is 15.2. The fourth-order valence-corrected chi connectivity index (χ4v) is 3.80. The molecule has 0 aromatic carbocycles. The molecule has 3 rings (SSSR count). The van der Waals surface area contributed by atoms with Crippen molar-refractivity contribution >= 4 is 26.7 Å². The lowest BCUT2D eigenvalue weighted by molar-refractivity contribution is 0.567. The fraction of sp³-hybridized carbons (Fsp3) is 0.538. The Bertz CT molecular complexity index is 783. The van der Waals surface area contributed by atoms with Crippen molar-refractivity contribution < 1.29 is 8.42 Å². The first-order chi connectivity index (χ1) is 9.85. The van der Waals surface area contributed by atoms with Gasteiger partial charge >= 0.3 is 0 Å². The van der Waals surface area contributed by atoms with Crippen LogP contribution in [-0.2, 0) is 17.1 Å². The second kappa shape index (κ2) is 4.96. The third kappa shape index (κ3) is 2.73. The van der Waals surface area contributed by atoms with Gasteiger partial charge in [-0.25, -0.2) is 18.1 Å². The van der Waals surface area contributed by atoms with E-state index in [1.165, 1.54) is 6.26 Å². The van der Waals surface area contributed by atoms with Crippen LogP contribution in [0, 0.1) is 6.92 Å². The highest BCUT2D eigenvalue weighted by Gasteiger charge is 2.27. The summed E-state index contributed by atoms with van der Waals surface area (Å²) in [7, 11) is -1.29. The molecule has 0 bridgehead atoms. The molecule has 0 aliphatic carbocycles. The normalized spacial score (nSPS) is 19.6. The van der Waals surface area contributed by atoms with Crippen LogP contribution in [-0.4, -0.2) is 48.6 Å². The predicted molar refractivity (Wildman–Crippen MR) is 81.8 cm³/mol. The van der Waals surface area contributed by atoms with E-state index in [-0.39, 0.29) is 6.04 Å². The molecule has 8 heteroatoms. The van der Waals surface area contributed by atoms with E-state index < -0.39 is 10.0 Å². The van der Waals surface area contributed by atoms with Gasteiger partial charge in [0.25, 0.3) is 0 Å². The SMILES string of the molecule is Cc1nn(C)c2nccc(N3CCC(NS(C)(=O)=O)C3)c12. The van der Waals surface area contributed by atoms with Crippen molar-refractivity contribution in [2.45, 2.75) is 19.4 Å². The largest absolute Gasteiger partial charge is 0.369 e. The molecule has 0 amide bonds. The minimum Gasteiger partial charge on any atom is -0.369 e. The number of hydrogen-bond acceptors (Lipinski definition) is 5. The molecule has 1 saturated heterocycles. The van der Waals surface area contributed by atoms with E-state index in [4.69, 9.17) is 0 Å². The van der Waals surface area contributed by atoms with Crippen molar-refractivity contribution in [3.8, 4) is 0 Å². The minimum absolute atomic E-state index is 0.0415. The molecule has 1 fully saturated rings. The summed E-state index contributed by atoms with van der Waals surface area (Å²) in [6, 6.07) is 1.93. The maximum atomic E-state index is 11.3. The topological polar surface area (TPSA) is 80.1 Å². The Morgan fingerprint density at radius 2 is 2.19 bits per heavy atom. The van der Waals surface area contributed by atoms with Gasteiger partial charge in [0.05, 0.1) is 23.0 Å². The molecule has 1 aliphatic rings. The van der Waals surface area contributed by atoms with Gasteiger partial charge in [-0.1, -0.05) is 0 Å². The number of hydrogen-bond donors (Lipinski definition) is 1. The summed E-state index contributed by atoms with van der Waals surface area (Å²) in [6.45, 7) is 3.46. The summed E-state index contributed by atoms with van der Waals surface area (Å²) < 4.78 is 27.1. The van der Waals surface area contributed by atoms with Crippen molar-refractivity contribution in [1.82, 2.24) is 19.5 Å². The average Bonchev–Trinajstić information content (AvgIpc) is 2.94. The smallest absolute Gasteiger partial charge is 0.209 e. The Kier molecular flexibility index (Phi) is 3.37. The number of pyridine rings is 1. The first-order valence-electron chi connectivity index (χ1n) is 6.86. The zero-order valence-electron chi connectivity index (χ0n) is 12.4. The first-order valence-corrected chi connectivity index (χ1v) is 8.75. The number of fused-ring (bicyclic) bond motifs is 1. The summed E-state index contributed by atoms with van der Waals surface area (Å²) in [6.07, 6.45) is 3.78. The van der Waals surface area contributed by atoms with Gasteiger partial charge in [-0.05, 0) is 19.4 Å². The fourth-order valence-electron chi connectivity index (χ4n) is 3.00. The molecule has 3 heterocycles. The Morgan fingerprint density at radius 1 is 1.43 bits per heavy atom. The van der Waals surface area contributed by atoms with Crippen LogP contribution in [0.4, 0.5) is 5.69 Å². The van der Waals surface area contributed by atoms with Gasteiger partial charge in [0.1, 0.15) is 0 Å². The molecule has 2 aromatic heterocycles. The Morgan fingerprint density at radius 3 is 2.90 bits per heavy atom. The van der Waals surface area contributed by atoms with E-state index in [0.717, 1.165) is 35.4 Å². The maximum absolute atomic E-state index is 11.3. The van der Waals surface area contributed by atoms with E-state index in [0.29, 0.717) is 6.54 Å². The van der Waals surface area contributed by atoms with Gasteiger partial charge in [-0.15, -0.1) is 0 Å². The van der Waals surface area contributed by atoms with E-state index in [1.807, 2.05) is 20.0 Å². The maximum Gasteiger partial charge on any atom is 0.209 e. The quantitative estimate of drug-likeness (QED) is 0.888. The summed E-state index contributed by atoms with van der Waals surface area (Å²) in [5.41, 5.74) is 2.86. The Balaban J connectivity index is 1.92. The first kappa shape index (κ1) is 14.3. The highest BCUT2D eigenvalue weighted by Crippen LogP contribution is 2.30. The molecule has 1 unspecified atom stereocenters. The number of anilines is 1. The number of aromatic nitrogens is 3. The summed E-state index contributed by atoms with van der Waals surface area (Å²) >= 11 is 0. The third-order valence-corrected chi connectivity index (χ3v) is 4.55. The molecule has 2 aromatic rings. The van der Waals surface area contributed by atoms with Gasteiger partial charge < -0.3 is 4.90 Å². The molecule has 0 saturated carbocycles. The summed E-state index contributed by atoms with van der Waals surface area (Å²) in [5.74, 6) is 0. The van der Waals surface area contributed by atoms with Crippen LogP contribution in [0.5, 0.6) is 0 Å². The van der Waals surface area contributed by atoms with Crippen LogP contribution in [0.2, 0.25) is 0 Å². The van der Waals surface area contributed by atoms with Crippen molar-refractivity contribution in [3.63, 3.8) is 0 Å². The van der Waals surface area contributed by atoms with Gasteiger partial charge in [-0.3, -0.25) is 4.68 Å². The number of sulfonamides is 1. The highest BCUT2D eigenvalue weighted by atomic mass is 32.2. The minimum atomic E-state index is -3.17. The molecule has 0 spiro atoms. The Hall–Kier alpha value is -1.67. The van der Waals surface area contributed by atoms with Crippen LogP contribution in [0.1, 0.15) is 12.1 Å². The molecule has 1 N–H and O–H groups in total. The summed E-state index contributed by atoms with van der Waals surface area (Å²) in [4.78, 5) is 6.57. The third-order valence-electron chi connectivity index (χ3n) is 3.79. The molecular formula is C13H19N5O2S. The lowest BCUT2D eigenvalue weighted by Gasteiger charge is -2.19. The van der Waals surface area contributed by atoms with E-state index in [9.17, 15) is 8.42 Å². The highest BCUT2D eigenvalue weighted by molar-refractivity contribution is 7.88. The van der Waals surface area contributed by atoms with E-state index in [2.05, 4.69) is 19.7 Å². The molecule has 1 atom stereocenters. The van der Waals surface area contributed by atoms with Gasteiger partial charge in [-0.2, -0.15) is 5.10 Å². The standard InChI is InChI=1S/C13H19N5O2S/c1-9-12-11(4-6-14-13(12)17(2)15-9)18-7-5-10(8-18)16-21(3,19)20/h4,6,10,16H,5,7-8H2,1-3H3. The van der Waals surface area contributed by atoms with Crippen molar-refractivity contribution in [2.24, 2.45) is 7.05 Å². The lowest BCUT2D eigenvalue weighted by atomic mass is 10.2. The second-order valence-electron chi connectivity index (χ2n) is 5.56. The van der Waals surface area contributed by atoms with Crippen LogP contribution >= 0.6 is 0 Å². The molecule has 114 valence electrons. The van der Waals surface area contributed by atoms with Gasteiger partial charge in [0.15, 0.2) is 5.65 Å². The van der Waals surface area contributed by atoms with Crippen LogP contribution in [0.3, 0.4) is 0 Å². The van der Waals surface area contributed by atoms with E-state index in [1.54, 1.807) is 10.9 Å². The van der Waals surface area contributed by atoms with Crippen molar-refractivity contribution in [2.75, 3.05) is 24.2 Å². The molecular weight excluding hydrogens is 290 g/mol. The number of aryl methyl sites for hydroxylation is 2. The molecule has 7 nitrogen and oxygen atoms in total. The van der Waals surface area contributed by atoms with Gasteiger partial charge in [0, 0.05) is 32.4 Å². The lowest BCUT2D eigenvalue weighted by Crippen LogP contribution is -2.36. The van der Waals surface area contributed by atoms with E-state index >= 15 is 0 Å². The zero-order valence-corrected chi connectivity index (χ0v) is 13.2. The van der Waals surface area contributed by atoms with Gasteiger partial charge in [0.2, 0.25) is 10.0 Å². The summed E-state index contributed by atoms with van der Waals surface area (Å²) in [5, 5.41) is 5.46. The van der Waals surface area contributed by atoms with Crippen molar-refractivity contribution in [1.29, 1.82) is 0 Å². The van der Waals surface area contributed by atoms with Crippen LogP contribution in [0.25, 0.3) is 11.0 Å². The van der Waals surface area contributed by atoms with Crippen LogP contribution < -0.4 is 9.62 Å². The van der Waals surface area contributed by atoms with Crippen molar-refractivity contribution in [3.05, 3.63) is 18.0 Å². The predicted octanol–water partition coefficient (Wildman–Crippen LogP) is 0.405. The number of rotatable bonds is 3. The molecule has 21 heavy (non-hydrogen) atoms. The second-order valence-corrected chi connectivity index (χ2v) is 7.34. The van der Waals surface area contributed by atoms with Crippen LogP contribution in [0.15, 0.2) is 12.3 Å². The molecule has 1 aliphatic heterocycles. The molecule has 0 radical (unpaired) electrons. The number of nitrogens with zero attached hydrogens (tertiary/aromatic N) is 4. The average molecular weight is 309 g/mol. The monoisotopic (exact) mass is 309 g/mol. The Labute approximate surface area is 124 Å².